The molecule has 3 rings (SSSR count). The number of nitrogens with zero attached hydrogens (tertiary/aromatic N) is 3. The number of ether oxygens (including phenoxy) is 1. The number of halogens is 1. The van der Waals surface area contributed by atoms with Crippen LogP contribution in [0.4, 0.5) is 10.6 Å². The highest BCUT2D eigenvalue weighted by Gasteiger charge is 2.28. The van der Waals surface area contributed by atoms with Crippen molar-refractivity contribution in [3.63, 3.8) is 0 Å². The summed E-state index contributed by atoms with van der Waals surface area (Å²) in [6, 6.07) is 5.29. The van der Waals surface area contributed by atoms with Gasteiger partial charge in [0.2, 0.25) is 11.2 Å². The second-order valence-corrected chi connectivity index (χ2v) is 6.22. The van der Waals surface area contributed by atoms with Crippen molar-refractivity contribution in [2.75, 3.05) is 25.6 Å². The molecule has 26 heavy (non-hydrogen) atoms. The number of rotatable bonds is 4. The molecule has 0 saturated carbocycles. The third-order valence-electron chi connectivity index (χ3n) is 4.25. The highest BCUT2D eigenvalue weighted by molar-refractivity contribution is 6.29. The maximum absolute atomic E-state index is 12.4. The van der Waals surface area contributed by atoms with E-state index in [-0.39, 0.29) is 17.7 Å². The van der Waals surface area contributed by atoms with Crippen molar-refractivity contribution in [2.24, 2.45) is 5.92 Å². The zero-order chi connectivity index (χ0) is 18.7. The van der Waals surface area contributed by atoms with Crippen LogP contribution in [0.2, 0.25) is 5.28 Å². The van der Waals surface area contributed by atoms with Gasteiger partial charge in [0, 0.05) is 18.5 Å². The SMILES string of the molecule is COc1cccc2c(NNC(=O)C3CCCN(C(=O)O)C3)nc(Cl)nc12. The molecule has 0 spiro atoms. The topological polar surface area (TPSA) is 117 Å². The number of piperidine rings is 1. The van der Waals surface area contributed by atoms with E-state index in [0.717, 1.165) is 0 Å². The third-order valence-corrected chi connectivity index (χ3v) is 4.42. The molecule has 1 atom stereocenters. The Bertz CT molecular complexity index is 847. The fraction of sp³-hybridized carbons (Fsp3) is 0.375. The van der Waals surface area contributed by atoms with Crippen LogP contribution in [0.1, 0.15) is 12.8 Å². The van der Waals surface area contributed by atoms with Crippen molar-refractivity contribution < 1.29 is 19.4 Å². The van der Waals surface area contributed by atoms with Gasteiger partial charge in [0.1, 0.15) is 11.3 Å². The number of hydrogen-bond acceptors (Lipinski definition) is 6. The summed E-state index contributed by atoms with van der Waals surface area (Å²) in [4.78, 5) is 33.0. The standard InChI is InChI=1S/C16H18ClN5O4/c1-26-11-6-2-5-10-12(11)18-15(17)19-13(10)20-21-14(23)9-4-3-7-22(8-9)16(24)25/h2,5-6,9H,3-4,7-8H2,1H3,(H,21,23)(H,24,25)(H,18,19,20). The number of carbonyl (C=O) groups excluding carboxylic acids is 1. The molecule has 1 saturated heterocycles. The zero-order valence-electron chi connectivity index (χ0n) is 14.0. The molecule has 1 unspecified atom stereocenters. The highest BCUT2D eigenvalue weighted by Crippen LogP contribution is 2.29. The number of benzene rings is 1. The third kappa shape index (κ3) is 3.72. The van der Waals surface area contributed by atoms with E-state index in [9.17, 15) is 9.59 Å². The first-order valence-electron chi connectivity index (χ1n) is 8.03. The predicted octanol–water partition coefficient (Wildman–Crippen LogP) is 2.12. The van der Waals surface area contributed by atoms with E-state index >= 15 is 0 Å². The lowest BCUT2D eigenvalue weighted by Gasteiger charge is -2.29. The summed E-state index contributed by atoms with van der Waals surface area (Å²) in [7, 11) is 1.52. The van der Waals surface area contributed by atoms with Crippen LogP contribution in [0.25, 0.3) is 10.9 Å². The number of likely N-dealkylation sites (tertiary alicyclic amines) is 1. The number of hydrogen-bond donors (Lipinski definition) is 3. The predicted molar refractivity (Wildman–Crippen MR) is 95.2 cm³/mol. The molecule has 2 amide bonds. The van der Waals surface area contributed by atoms with Crippen molar-refractivity contribution in [3.05, 3.63) is 23.5 Å². The summed E-state index contributed by atoms with van der Waals surface area (Å²) in [6.45, 7) is 0.612. The molecule has 9 nitrogen and oxygen atoms in total. The molecule has 2 aromatic rings. The van der Waals surface area contributed by atoms with E-state index < -0.39 is 12.0 Å². The first kappa shape index (κ1) is 18.0. The minimum Gasteiger partial charge on any atom is -0.494 e. The van der Waals surface area contributed by atoms with Gasteiger partial charge in [0.15, 0.2) is 5.82 Å². The number of amides is 2. The molecule has 1 fully saturated rings. The van der Waals surface area contributed by atoms with Gasteiger partial charge in [-0.3, -0.25) is 15.6 Å². The number of methoxy groups -OCH3 is 1. The molecule has 10 heteroatoms. The van der Waals surface area contributed by atoms with E-state index in [4.69, 9.17) is 21.4 Å². The molecular weight excluding hydrogens is 362 g/mol. The molecule has 0 radical (unpaired) electrons. The summed E-state index contributed by atoms with van der Waals surface area (Å²) in [5, 5.41) is 9.72. The van der Waals surface area contributed by atoms with Gasteiger partial charge >= 0.3 is 6.09 Å². The maximum Gasteiger partial charge on any atom is 0.407 e. The van der Waals surface area contributed by atoms with Crippen LogP contribution in [-0.2, 0) is 4.79 Å². The Balaban J connectivity index is 1.75. The molecule has 1 aliphatic rings. The molecule has 138 valence electrons. The minimum absolute atomic E-state index is 0.00784. The van der Waals surface area contributed by atoms with Gasteiger partial charge < -0.3 is 14.7 Å². The lowest BCUT2D eigenvalue weighted by Crippen LogP contribution is -2.46. The zero-order valence-corrected chi connectivity index (χ0v) is 14.8. The van der Waals surface area contributed by atoms with Crippen LogP contribution < -0.4 is 15.6 Å². The van der Waals surface area contributed by atoms with Crippen LogP contribution in [0.5, 0.6) is 5.75 Å². The molecule has 1 aromatic carbocycles. The van der Waals surface area contributed by atoms with Gasteiger partial charge in [-0.1, -0.05) is 6.07 Å². The lowest BCUT2D eigenvalue weighted by atomic mass is 9.98. The number of para-hydroxylation sites is 1. The summed E-state index contributed by atoms with van der Waals surface area (Å²) in [5.41, 5.74) is 5.87. The van der Waals surface area contributed by atoms with Gasteiger partial charge in [-0.05, 0) is 36.6 Å². The van der Waals surface area contributed by atoms with E-state index in [2.05, 4.69) is 20.8 Å². The number of nitrogens with one attached hydrogen (secondary N) is 2. The van der Waals surface area contributed by atoms with Crippen LogP contribution in [0, 0.1) is 5.92 Å². The Labute approximate surface area is 154 Å². The monoisotopic (exact) mass is 379 g/mol. The highest BCUT2D eigenvalue weighted by atomic mass is 35.5. The molecule has 3 N–H and O–H groups in total. The van der Waals surface area contributed by atoms with Gasteiger partial charge in [0.25, 0.3) is 0 Å². The van der Waals surface area contributed by atoms with Gasteiger partial charge in [0.05, 0.1) is 13.0 Å². The van der Waals surface area contributed by atoms with Gasteiger partial charge in [-0.2, -0.15) is 4.98 Å². The molecule has 0 bridgehead atoms. The first-order chi connectivity index (χ1) is 12.5. The lowest BCUT2D eigenvalue weighted by molar-refractivity contribution is -0.125. The number of carboxylic acid groups (broad SMARTS) is 1. The molecule has 0 aliphatic carbocycles. The first-order valence-corrected chi connectivity index (χ1v) is 8.41. The van der Waals surface area contributed by atoms with Crippen LogP contribution >= 0.6 is 11.6 Å². The average Bonchev–Trinajstić information content (AvgIpc) is 2.65. The van der Waals surface area contributed by atoms with Crippen LogP contribution in [0.15, 0.2) is 18.2 Å². The summed E-state index contributed by atoms with van der Waals surface area (Å²) in [6.07, 6.45) is 0.247. The van der Waals surface area contributed by atoms with E-state index in [0.29, 0.717) is 41.9 Å². The Morgan fingerprint density at radius 2 is 2.19 bits per heavy atom. The van der Waals surface area contributed by atoms with Gasteiger partial charge in [-0.15, -0.1) is 0 Å². The number of hydrazine groups is 1. The second-order valence-electron chi connectivity index (χ2n) is 5.88. The quantitative estimate of drug-likeness (QED) is 0.550. The average molecular weight is 380 g/mol. The Morgan fingerprint density at radius 1 is 1.38 bits per heavy atom. The van der Waals surface area contributed by atoms with Gasteiger partial charge in [-0.25, -0.2) is 9.78 Å². The van der Waals surface area contributed by atoms with Crippen LogP contribution in [-0.4, -0.2) is 52.2 Å². The largest absolute Gasteiger partial charge is 0.494 e. The van der Waals surface area contributed by atoms with Crippen molar-refractivity contribution in [1.29, 1.82) is 0 Å². The maximum atomic E-state index is 12.4. The Morgan fingerprint density at radius 3 is 2.92 bits per heavy atom. The van der Waals surface area contributed by atoms with Crippen molar-refractivity contribution in [1.82, 2.24) is 20.3 Å². The van der Waals surface area contributed by atoms with Crippen molar-refractivity contribution >= 4 is 40.3 Å². The van der Waals surface area contributed by atoms with Crippen LogP contribution in [0.3, 0.4) is 0 Å². The van der Waals surface area contributed by atoms with Crippen molar-refractivity contribution in [2.45, 2.75) is 12.8 Å². The molecule has 1 aliphatic heterocycles. The van der Waals surface area contributed by atoms with E-state index in [1.165, 1.54) is 12.0 Å². The number of anilines is 1. The number of aromatic nitrogens is 2. The smallest absolute Gasteiger partial charge is 0.407 e. The fourth-order valence-electron chi connectivity index (χ4n) is 2.95. The number of fused-ring (bicyclic) bond motifs is 1. The summed E-state index contributed by atoms with van der Waals surface area (Å²) in [5.74, 6) is 0.135. The molecule has 1 aromatic heterocycles. The second kappa shape index (κ2) is 7.61. The number of carbonyl (C=O) groups is 2. The summed E-state index contributed by atoms with van der Waals surface area (Å²) < 4.78 is 5.27. The Hall–Kier alpha value is -2.81. The molecule has 2 heterocycles. The van der Waals surface area contributed by atoms with E-state index in [1.54, 1.807) is 18.2 Å². The minimum atomic E-state index is -1.02. The summed E-state index contributed by atoms with van der Waals surface area (Å²) >= 11 is 5.97. The fourth-order valence-corrected chi connectivity index (χ4v) is 3.12. The van der Waals surface area contributed by atoms with Crippen molar-refractivity contribution in [3.8, 4) is 5.75 Å². The normalized spacial score (nSPS) is 17.0. The van der Waals surface area contributed by atoms with E-state index in [1.807, 2.05) is 0 Å². The Kier molecular flexibility index (Phi) is 5.27. The molecular formula is C16H18ClN5O4.